The second-order valence-corrected chi connectivity index (χ2v) is 8.00. The molecule has 0 aliphatic carbocycles. The zero-order valence-corrected chi connectivity index (χ0v) is 19.7. The summed E-state index contributed by atoms with van der Waals surface area (Å²) in [6.45, 7) is 0.123. The molecule has 0 aromatic heterocycles. The van der Waals surface area contributed by atoms with Crippen LogP contribution in [0.3, 0.4) is 0 Å². The smallest absolute Gasteiger partial charge is 0.270 e. The fourth-order valence-corrected chi connectivity index (χ4v) is 4.19. The van der Waals surface area contributed by atoms with E-state index in [4.69, 9.17) is 31.2 Å². The van der Waals surface area contributed by atoms with Crippen molar-refractivity contribution < 1.29 is 28.5 Å². The number of hydrogen-bond donors (Lipinski definition) is 0. The Balaban J connectivity index is 1.61. The number of anilines is 2. The molecule has 9 heteroatoms. The highest BCUT2D eigenvalue weighted by atomic mass is 32.1. The number of rotatable bonds is 5. The average Bonchev–Trinajstić information content (AvgIpc) is 3.35. The summed E-state index contributed by atoms with van der Waals surface area (Å²) in [5.74, 6) is 1.34. The van der Waals surface area contributed by atoms with Crippen molar-refractivity contribution in [2.24, 2.45) is 0 Å². The van der Waals surface area contributed by atoms with Crippen molar-refractivity contribution in [3.05, 3.63) is 77.9 Å². The Labute approximate surface area is 206 Å². The van der Waals surface area contributed by atoms with E-state index >= 15 is 0 Å². The van der Waals surface area contributed by atoms with Crippen LogP contribution in [0.5, 0.6) is 23.0 Å². The molecule has 2 amide bonds. The highest BCUT2D eigenvalue weighted by Crippen LogP contribution is 2.35. The van der Waals surface area contributed by atoms with Gasteiger partial charge in [0, 0.05) is 0 Å². The first-order chi connectivity index (χ1) is 17.0. The Morgan fingerprint density at radius 3 is 1.80 bits per heavy atom. The Bertz CT molecular complexity index is 1280. The highest BCUT2D eigenvalue weighted by Gasteiger charge is 2.41. The van der Waals surface area contributed by atoms with Gasteiger partial charge in [-0.2, -0.15) is 0 Å². The molecule has 0 saturated carbocycles. The molecular weight excluding hydrogens is 468 g/mol. The molecule has 0 spiro atoms. The van der Waals surface area contributed by atoms with Gasteiger partial charge < -0.3 is 18.9 Å². The van der Waals surface area contributed by atoms with E-state index in [0.717, 1.165) is 0 Å². The summed E-state index contributed by atoms with van der Waals surface area (Å²) in [4.78, 5) is 29.9. The van der Waals surface area contributed by atoms with Crippen molar-refractivity contribution in [1.29, 1.82) is 0 Å². The first-order valence-electron chi connectivity index (χ1n) is 10.6. The maximum absolute atomic E-state index is 13.6. The number of hydrogen-bond acceptors (Lipinski definition) is 7. The Kier molecular flexibility index (Phi) is 5.84. The van der Waals surface area contributed by atoms with Gasteiger partial charge in [-0.25, -0.2) is 0 Å². The average molecular weight is 489 g/mol. The van der Waals surface area contributed by atoms with Crippen LogP contribution in [-0.4, -0.2) is 37.9 Å². The third-order valence-corrected chi connectivity index (χ3v) is 5.98. The topological polar surface area (TPSA) is 77.5 Å². The largest absolute Gasteiger partial charge is 0.497 e. The Hall–Kier alpha value is -4.37. The fourth-order valence-electron chi connectivity index (χ4n) is 3.82. The van der Waals surface area contributed by atoms with Gasteiger partial charge in [0.2, 0.25) is 6.79 Å². The minimum Gasteiger partial charge on any atom is -0.497 e. The highest BCUT2D eigenvalue weighted by molar-refractivity contribution is 7.81. The van der Waals surface area contributed by atoms with Crippen molar-refractivity contribution in [3.8, 4) is 23.0 Å². The number of ether oxygens (including phenoxy) is 4. The molecule has 0 atom stereocenters. The van der Waals surface area contributed by atoms with Crippen LogP contribution < -0.4 is 28.7 Å². The molecule has 2 aliphatic heterocycles. The summed E-state index contributed by atoms with van der Waals surface area (Å²) in [5, 5.41) is 0.0400. The molecule has 2 heterocycles. The molecule has 0 N–H and O–H groups in total. The lowest BCUT2D eigenvalue weighted by Crippen LogP contribution is -2.56. The predicted octanol–water partition coefficient (Wildman–Crippen LogP) is 4.18. The second kappa shape index (κ2) is 9.11. The summed E-state index contributed by atoms with van der Waals surface area (Å²) in [6.07, 6.45) is 1.53. The Morgan fingerprint density at radius 1 is 0.771 bits per heavy atom. The fraction of sp³-hybridized carbons (Fsp3) is 0.115. The van der Waals surface area contributed by atoms with Crippen molar-refractivity contribution >= 4 is 46.6 Å². The number of carbonyl (C=O) groups excluding carboxylic acids is 2. The van der Waals surface area contributed by atoms with Crippen molar-refractivity contribution in [3.63, 3.8) is 0 Å². The molecule has 0 radical (unpaired) electrons. The molecule has 35 heavy (non-hydrogen) atoms. The van der Waals surface area contributed by atoms with E-state index in [2.05, 4.69) is 0 Å². The van der Waals surface area contributed by atoms with Crippen LogP contribution in [0.4, 0.5) is 11.4 Å². The number of benzene rings is 3. The van der Waals surface area contributed by atoms with Gasteiger partial charge in [-0.3, -0.25) is 19.4 Å². The lowest BCUT2D eigenvalue weighted by atomic mass is 10.0. The standard InChI is InChI=1S/C26H20N2O6S/c1-31-19-8-4-17(5-9-19)27-24(29)21(13-16-3-12-22-23(14-16)34-15-33-22)25(30)28(26(27)35)18-6-10-20(32-2)11-7-18/h3-14H,15H2,1-2H3. The minimum absolute atomic E-state index is 0.0400. The number of amides is 2. The number of methoxy groups -OCH3 is 2. The zero-order chi connectivity index (χ0) is 24.5. The molecular formula is C26H20N2O6S. The van der Waals surface area contributed by atoms with Gasteiger partial charge in [0.05, 0.1) is 25.6 Å². The second-order valence-electron chi connectivity index (χ2n) is 7.63. The van der Waals surface area contributed by atoms with Gasteiger partial charge in [0.15, 0.2) is 16.6 Å². The van der Waals surface area contributed by atoms with E-state index in [1.54, 1.807) is 80.9 Å². The molecule has 8 nitrogen and oxygen atoms in total. The molecule has 0 bridgehead atoms. The predicted molar refractivity (Wildman–Crippen MR) is 134 cm³/mol. The quantitative estimate of drug-likeness (QED) is 0.303. The molecule has 2 aliphatic rings. The summed E-state index contributed by atoms with van der Waals surface area (Å²) in [5.41, 5.74) is 1.57. The van der Waals surface area contributed by atoms with Crippen molar-refractivity contribution in [2.45, 2.75) is 0 Å². The number of fused-ring (bicyclic) bond motifs is 1. The molecule has 0 unspecified atom stereocenters. The number of nitrogens with zero attached hydrogens (tertiary/aromatic N) is 2. The number of carbonyl (C=O) groups is 2. The van der Waals surface area contributed by atoms with Gasteiger partial charge >= 0.3 is 0 Å². The van der Waals surface area contributed by atoms with Gasteiger partial charge in [-0.1, -0.05) is 6.07 Å². The first-order valence-corrected chi connectivity index (χ1v) is 11.0. The van der Waals surface area contributed by atoms with Crippen molar-refractivity contribution in [1.82, 2.24) is 0 Å². The van der Waals surface area contributed by atoms with Gasteiger partial charge in [-0.05, 0) is 84.5 Å². The monoisotopic (exact) mass is 488 g/mol. The SMILES string of the molecule is COc1ccc(N2C(=O)C(=Cc3ccc4c(c3)OCO4)C(=O)N(c3ccc(OC)cc3)C2=S)cc1. The summed E-state index contributed by atoms with van der Waals surface area (Å²) in [6, 6.07) is 18.9. The van der Waals surface area contributed by atoms with E-state index in [9.17, 15) is 9.59 Å². The third kappa shape index (κ3) is 4.06. The lowest BCUT2D eigenvalue weighted by molar-refractivity contribution is -0.120. The maximum Gasteiger partial charge on any atom is 0.270 e. The molecule has 5 rings (SSSR count). The molecule has 176 valence electrons. The molecule has 1 saturated heterocycles. The lowest BCUT2D eigenvalue weighted by Gasteiger charge is -2.36. The van der Waals surface area contributed by atoms with Crippen LogP contribution in [-0.2, 0) is 9.59 Å². The summed E-state index contributed by atoms with van der Waals surface area (Å²) >= 11 is 5.66. The van der Waals surface area contributed by atoms with Gasteiger partial charge in [0.1, 0.15) is 17.1 Å². The summed E-state index contributed by atoms with van der Waals surface area (Å²) in [7, 11) is 3.12. The number of thiocarbonyl (C=S) groups is 1. The normalized spacial score (nSPS) is 14.9. The van der Waals surface area contributed by atoms with Gasteiger partial charge in [-0.15, -0.1) is 0 Å². The molecule has 1 fully saturated rings. The van der Waals surface area contributed by atoms with E-state index < -0.39 is 11.8 Å². The zero-order valence-electron chi connectivity index (χ0n) is 18.9. The third-order valence-electron chi connectivity index (χ3n) is 5.62. The van der Waals surface area contributed by atoms with Crippen LogP contribution in [0.25, 0.3) is 6.08 Å². The molecule has 3 aromatic rings. The minimum atomic E-state index is -0.535. The Morgan fingerprint density at radius 2 is 1.29 bits per heavy atom. The van der Waals surface area contributed by atoms with Crippen LogP contribution in [0.1, 0.15) is 5.56 Å². The van der Waals surface area contributed by atoms with Crippen LogP contribution >= 0.6 is 12.2 Å². The van der Waals surface area contributed by atoms with E-state index in [0.29, 0.717) is 39.9 Å². The van der Waals surface area contributed by atoms with E-state index in [-0.39, 0.29) is 17.5 Å². The van der Waals surface area contributed by atoms with Gasteiger partial charge in [0.25, 0.3) is 11.8 Å². The van der Waals surface area contributed by atoms with E-state index in [1.165, 1.54) is 15.9 Å². The first kappa shape index (κ1) is 22.4. The molecule has 3 aromatic carbocycles. The van der Waals surface area contributed by atoms with Crippen LogP contribution in [0, 0.1) is 0 Å². The maximum atomic E-state index is 13.6. The van der Waals surface area contributed by atoms with Crippen molar-refractivity contribution in [2.75, 3.05) is 30.8 Å². The van der Waals surface area contributed by atoms with E-state index in [1.807, 2.05) is 0 Å². The summed E-state index contributed by atoms with van der Waals surface area (Å²) < 4.78 is 21.3. The van der Waals surface area contributed by atoms with Crippen LogP contribution in [0.15, 0.2) is 72.3 Å². The van der Waals surface area contributed by atoms with Crippen LogP contribution in [0.2, 0.25) is 0 Å².